The number of carbonyl (C=O) groups is 1. The smallest absolute Gasteiger partial charge is 0.333 e. The highest BCUT2D eigenvalue weighted by Crippen LogP contribution is 2.05. The quantitative estimate of drug-likeness (QED) is 0.376. The maximum absolute atomic E-state index is 11.1. The zero-order valence-electron chi connectivity index (χ0n) is 9.66. The van der Waals surface area contributed by atoms with E-state index >= 15 is 0 Å². The molecule has 0 aromatic rings. The van der Waals surface area contributed by atoms with Gasteiger partial charge in [-0.3, -0.25) is 0 Å². The molecule has 0 fully saturated rings. The van der Waals surface area contributed by atoms with Gasteiger partial charge >= 0.3 is 5.97 Å². The molecule has 0 spiro atoms. The van der Waals surface area contributed by atoms with Crippen LogP contribution >= 0.6 is 0 Å². The van der Waals surface area contributed by atoms with Crippen molar-refractivity contribution >= 4 is 5.97 Å². The van der Waals surface area contributed by atoms with Gasteiger partial charge in [-0.15, -0.1) is 0 Å². The molecule has 4 heteroatoms. The fourth-order valence-electron chi connectivity index (χ4n) is 1.33. The second kappa shape index (κ2) is 8.44. The summed E-state index contributed by atoms with van der Waals surface area (Å²) >= 11 is 0. The Balaban J connectivity index is 3.80. The number of hydrogen-bond acceptors (Lipinski definition) is 4. The Labute approximate surface area is 91.7 Å². The summed E-state index contributed by atoms with van der Waals surface area (Å²) in [5, 5.41) is 0. The fourth-order valence-corrected chi connectivity index (χ4v) is 1.33. The average molecular weight is 214 g/mol. The van der Waals surface area contributed by atoms with Gasteiger partial charge in [0, 0.05) is 11.6 Å². The lowest BCUT2D eigenvalue weighted by Crippen LogP contribution is -2.18. The highest BCUT2D eigenvalue weighted by Gasteiger charge is 2.05. The van der Waals surface area contributed by atoms with Crippen molar-refractivity contribution in [2.45, 2.75) is 38.6 Å². The van der Waals surface area contributed by atoms with Gasteiger partial charge in [0.2, 0.25) is 0 Å². The number of unbranched alkanes of at least 4 members (excludes halogenated alkanes) is 2. The SMILES string of the molecule is COC(=O)C(C)=CC(N)CCCCCN. The van der Waals surface area contributed by atoms with Crippen LogP contribution in [0.2, 0.25) is 0 Å². The summed E-state index contributed by atoms with van der Waals surface area (Å²) in [6.07, 6.45) is 5.81. The molecular weight excluding hydrogens is 192 g/mol. The third-order valence-electron chi connectivity index (χ3n) is 2.21. The molecule has 0 aliphatic heterocycles. The maximum Gasteiger partial charge on any atom is 0.333 e. The predicted octanol–water partition coefficient (Wildman–Crippen LogP) is 0.952. The van der Waals surface area contributed by atoms with Crippen LogP contribution in [0.25, 0.3) is 0 Å². The Hall–Kier alpha value is -0.870. The van der Waals surface area contributed by atoms with Gasteiger partial charge in [0.05, 0.1) is 7.11 Å². The van der Waals surface area contributed by atoms with Crippen LogP contribution in [0.3, 0.4) is 0 Å². The van der Waals surface area contributed by atoms with Gasteiger partial charge in [-0.1, -0.05) is 18.9 Å². The van der Waals surface area contributed by atoms with Crippen LogP contribution in [-0.4, -0.2) is 25.7 Å². The topological polar surface area (TPSA) is 78.3 Å². The molecule has 0 aliphatic rings. The van der Waals surface area contributed by atoms with Gasteiger partial charge in [-0.2, -0.15) is 0 Å². The van der Waals surface area contributed by atoms with Crippen molar-refractivity contribution in [1.29, 1.82) is 0 Å². The average Bonchev–Trinajstić information content (AvgIpc) is 2.23. The number of hydrogen-bond donors (Lipinski definition) is 2. The van der Waals surface area contributed by atoms with E-state index in [9.17, 15) is 4.79 Å². The first kappa shape index (κ1) is 14.1. The summed E-state index contributed by atoms with van der Waals surface area (Å²) in [5.41, 5.74) is 11.8. The number of rotatable bonds is 7. The minimum atomic E-state index is -0.313. The van der Waals surface area contributed by atoms with Crippen LogP contribution in [0.4, 0.5) is 0 Å². The van der Waals surface area contributed by atoms with Crippen molar-refractivity contribution in [3.8, 4) is 0 Å². The molecule has 0 heterocycles. The minimum absolute atomic E-state index is 0.0677. The first-order chi connectivity index (χ1) is 7.11. The van der Waals surface area contributed by atoms with Crippen LogP contribution in [0.5, 0.6) is 0 Å². The Bertz CT molecular complexity index is 215. The summed E-state index contributed by atoms with van der Waals surface area (Å²) < 4.78 is 4.58. The summed E-state index contributed by atoms with van der Waals surface area (Å²) in [6.45, 7) is 2.44. The molecule has 0 radical (unpaired) electrons. The van der Waals surface area contributed by atoms with Crippen molar-refractivity contribution < 1.29 is 9.53 Å². The lowest BCUT2D eigenvalue weighted by atomic mass is 10.1. The summed E-state index contributed by atoms with van der Waals surface area (Å²) in [4.78, 5) is 11.1. The van der Waals surface area contributed by atoms with Gasteiger partial charge in [0.1, 0.15) is 0 Å². The summed E-state index contributed by atoms with van der Waals surface area (Å²) in [7, 11) is 1.37. The Morgan fingerprint density at radius 3 is 2.60 bits per heavy atom. The van der Waals surface area contributed by atoms with Crippen LogP contribution in [0, 0.1) is 0 Å². The van der Waals surface area contributed by atoms with Gasteiger partial charge in [0.15, 0.2) is 0 Å². The van der Waals surface area contributed by atoms with E-state index in [0.717, 1.165) is 32.2 Å². The highest BCUT2D eigenvalue weighted by atomic mass is 16.5. The molecule has 4 N–H and O–H groups in total. The minimum Gasteiger partial charge on any atom is -0.466 e. The highest BCUT2D eigenvalue weighted by molar-refractivity contribution is 5.87. The predicted molar refractivity (Wildman–Crippen MR) is 61.3 cm³/mol. The molecule has 88 valence electrons. The fraction of sp³-hybridized carbons (Fsp3) is 0.727. The lowest BCUT2D eigenvalue weighted by molar-refractivity contribution is -0.136. The molecule has 0 saturated carbocycles. The Morgan fingerprint density at radius 2 is 2.07 bits per heavy atom. The van der Waals surface area contributed by atoms with E-state index in [1.165, 1.54) is 7.11 Å². The van der Waals surface area contributed by atoms with Crippen molar-refractivity contribution in [3.63, 3.8) is 0 Å². The molecule has 4 nitrogen and oxygen atoms in total. The van der Waals surface area contributed by atoms with E-state index in [2.05, 4.69) is 4.74 Å². The molecule has 0 aliphatic carbocycles. The largest absolute Gasteiger partial charge is 0.466 e. The number of nitrogens with two attached hydrogens (primary N) is 2. The third kappa shape index (κ3) is 7.11. The second-order valence-electron chi connectivity index (χ2n) is 3.64. The van der Waals surface area contributed by atoms with Gasteiger partial charge in [-0.25, -0.2) is 4.79 Å². The van der Waals surface area contributed by atoms with E-state index in [1.54, 1.807) is 13.0 Å². The number of ether oxygens (including phenoxy) is 1. The third-order valence-corrected chi connectivity index (χ3v) is 2.21. The van der Waals surface area contributed by atoms with Crippen LogP contribution in [0.1, 0.15) is 32.6 Å². The van der Waals surface area contributed by atoms with E-state index in [-0.39, 0.29) is 12.0 Å². The second-order valence-corrected chi connectivity index (χ2v) is 3.64. The normalized spacial score (nSPS) is 13.7. The van der Waals surface area contributed by atoms with Crippen LogP contribution in [0.15, 0.2) is 11.6 Å². The standard InChI is InChI=1S/C11H22N2O2/c1-9(11(14)15-2)8-10(13)6-4-3-5-7-12/h8,10H,3-7,12-13H2,1-2H3. The van der Waals surface area contributed by atoms with Gasteiger partial charge in [0.25, 0.3) is 0 Å². The Morgan fingerprint density at radius 1 is 1.40 bits per heavy atom. The van der Waals surface area contributed by atoms with E-state index in [1.807, 2.05) is 0 Å². The molecular formula is C11H22N2O2. The van der Waals surface area contributed by atoms with Gasteiger partial charge in [-0.05, 0) is 26.3 Å². The molecule has 1 atom stereocenters. The molecule has 0 bridgehead atoms. The molecule has 0 aromatic carbocycles. The van der Waals surface area contributed by atoms with Crippen molar-refractivity contribution in [2.75, 3.05) is 13.7 Å². The first-order valence-electron chi connectivity index (χ1n) is 5.34. The number of carbonyl (C=O) groups excluding carboxylic acids is 1. The Kier molecular flexibility index (Phi) is 7.95. The zero-order chi connectivity index (χ0) is 11.7. The van der Waals surface area contributed by atoms with Crippen molar-refractivity contribution in [3.05, 3.63) is 11.6 Å². The molecule has 15 heavy (non-hydrogen) atoms. The van der Waals surface area contributed by atoms with E-state index < -0.39 is 0 Å². The van der Waals surface area contributed by atoms with E-state index in [4.69, 9.17) is 11.5 Å². The lowest BCUT2D eigenvalue weighted by Gasteiger charge is -2.07. The molecule has 0 aromatic heterocycles. The van der Waals surface area contributed by atoms with Crippen molar-refractivity contribution in [2.24, 2.45) is 11.5 Å². The molecule has 0 amide bonds. The summed E-state index contributed by atoms with van der Waals surface area (Å²) in [6, 6.07) is -0.0677. The maximum atomic E-state index is 11.1. The van der Waals surface area contributed by atoms with Crippen LogP contribution < -0.4 is 11.5 Å². The molecule has 0 saturated heterocycles. The zero-order valence-corrected chi connectivity index (χ0v) is 9.66. The monoisotopic (exact) mass is 214 g/mol. The van der Waals surface area contributed by atoms with Crippen LogP contribution in [-0.2, 0) is 9.53 Å². The number of esters is 1. The van der Waals surface area contributed by atoms with Gasteiger partial charge < -0.3 is 16.2 Å². The first-order valence-corrected chi connectivity index (χ1v) is 5.34. The van der Waals surface area contributed by atoms with Crippen molar-refractivity contribution in [1.82, 2.24) is 0 Å². The van der Waals surface area contributed by atoms with E-state index in [0.29, 0.717) is 5.57 Å². The molecule has 1 unspecified atom stereocenters. The molecule has 0 rings (SSSR count). The number of methoxy groups -OCH3 is 1. The summed E-state index contributed by atoms with van der Waals surface area (Å²) in [5.74, 6) is -0.313.